The standard InChI is InChI=1S/C17H11BrClF3N2O/c1-2-8-5-10(18)7-11-14(8)24-16(25)15(11)23-13-6-9(17(20,21)22)3-4-12(13)19/h3-7H,2H2,1H3,(H,23,24,25). The predicted octanol–water partition coefficient (Wildman–Crippen LogP) is 5.76. The molecular formula is C17H11BrClF3N2O. The average molecular weight is 432 g/mol. The van der Waals surface area contributed by atoms with E-state index in [1.807, 2.05) is 13.0 Å². The normalized spacial score (nSPS) is 15.4. The van der Waals surface area contributed by atoms with Crippen LogP contribution in [0.3, 0.4) is 0 Å². The molecule has 0 bridgehead atoms. The maximum absolute atomic E-state index is 12.9. The van der Waals surface area contributed by atoms with E-state index in [9.17, 15) is 18.0 Å². The van der Waals surface area contributed by atoms with Gasteiger partial charge in [0.1, 0.15) is 5.71 Å². The molecule has 1 heterocycles. The smallest absolute Gasteiger partial charge is 0.320 e. The molecule has 1 N–H and O–H groups in total. The Morgan fingerprint density at radius 1 is 1.24 bits per heavy atom. The molecule has 0 atom stereocenters. The van der Waals surface area contributed by atoms with Crippen LogP contribution in [-0.4, -0.2) is 11.6 Å². The number of aliphatic imine (C=N–C) groups is 1. The van der Waals surface area contributed by atoms with E-state index in [1.165, 1.54) is 0 Å². The predicted molar refractivity (Wildman–Crippen MR) is 94.8 cm³/mol. The van der Waals surface area contributed by atoms with Gasteiger partial charge in [0.25, 0.3) is 5.91 Å². The summed E-state index contributed by atoms with van der Waals surface area (Å²) in [6.45, 7) is 1.94. The highest BCUT2D eigenvalue weighted by atomic mass is 79.9. The molecule has 0 radical (unpaired) electrons. The highest BCUT2D eigenvalue weighted by Crippen LogP contribution is 2.37. The number of fused-ring (bicyclic) bond motifs is 1. The van der Waals surface area contributed by atoms with Gasteiger partial charge in [-0.2, -0.15) is 13.2 Å². The summed E-state index contributed by atoms with van der Waals surface area (Å²) in [5, 5.41) is 2.76. The molecule has 3 nitrogen and oxygen atoms in total. The first-order valence-electron chi connectivity index (χ1n) is 7.30. The molecule has 2 aromatic rings. The van der Waals surface area contributed by atoms with E-state index in [0.29, 0.717) is 17.7 Å². The van der Waals surface area contributed by atoms with Crippen LogP contribution in [-0.2, 0) is 17.4 Å². The van der Waals surface area contributed by atoms with Gasteiger partial charge < -0.3 is 5.32 Å². The molecule has 130 valence electrons. The SMILES string of the molecule is CCc1cc(Br)cc2c1NC(=O)C2=Nc1cc(C(F)(F)F)ccc1Cl. The van der Waals surface area contributed by atoms with Crippen LogP contribution in [0.2, 0.25) is 5.02 Å². The third kappa shape index (κ3) is 3.43. The van der Waals surface area contributed by atoms with Gasteiger partial charge in [0.15, 0.2) is 0 Å². The minimum absolute atomic E-state index is 0.0345. The number of hydrogen-bond acceptors (Lipinski definition) is 2. The molecule has 0 aromatic heterocycles. The molecule has 0 aliphatic carbocycles. The number of carbonyl (C=O) groups is 1. The Hall–Kier alpha value is -1.86. The largest absolute Gasteiger partial charge is 0.416 e. The Morgan fingerprint density at radius 2 is 1.96 bits per heavy atom. The van der Waals surface area contributed by atoms with Crippen molar-refractivity contribution in [1.82, 2.24) is 0 Å². The van der Waals surface area contributed by atoms with Crippen molar-refractivity contribution in [3.05, 3.63) is 56.5 Å². The molecule has 3 rings (SSSR count). The summed E-state index contributed by atoms with van der Waals surface area (Å²) in [6.07, 6.45) is -3.84. The zero-order valence-corrected chi connectivity index (χ0v) is 15.2. The van der Waals surface area contributed by atoms with E-state index in [2.05, 4.69) is 26.2 Å². The lowest BCUT2D eigenvalue weighted by Gasteiger charge is -2.09. The number of carbonyl (C=O) groups excluding carboxylic acids is 1. The molecule has 0 spiro atoms. The van der Waals surface area contributed by atoms with Gasteiger partial charge in [0, 0.05) is 10.0 Å². The zero-order chi connectivity index (χ0) is 18.4. The lowest BCUT2D eigenvalue weighted by molar-refractivity contribution is -0.137. The Kier molecular flexibility index (Phi) is 4.64. The van der Waals surface area contributed by atoms with Gasteiger partial charge in [-0.1, -0.05) is 34.5 Å². The Bertz CT molecular complexity index is 909. The van der Waals surface area contributed by atoms with Crippen LogP contribution in [0.1, 0.15) is 23.6 Å². The Morgan fingerprint density at radius 3 is 2.60 bits per heavy atom. The number of aryl methyl sites for hydroxylation is 1. The zero-order valence-electron chi connectivity index (χ0n) is 12.8. The first-order chi connectivity index (χ1) is 11.7. The second-order valence-corrected chi connectivity index (χ2v) is 6.74. The molecule has 0 saturated heterocycles. The van der Waals surface area contributed by atoms with Crippen LogP contribution in [0.25, 0.3) is 0 Å². The van der Waals surface area contributed by atoms with Crippen molar-refractivity contribution >= 4 is 50.5 Å². The monoisotopic (exact) mass is 430 g/mol. The summed E-state index contributed by atoms with van der Waals surface area (Å²) in [6, 6.07) is 6.40. The molecule has 25 heavy (non-hydrogen) atoms. The van der Waals surface area contributed by atoms with Crippen molar-refractivity contribution in [3.8, 4) is 0 Å². The summed E-state index contributed by atoms with van der Waals surface area (Å²) in [4.78, 5) is 16.4. The second-order valence-electron chi connectivity index (χ2n) is 5.42. The van der Waals surface area contributed by atoms with E-state index < -0.39 is 17.6 Å². The maximum Gasteiger partial charge on any atom is 0.416 e. The van der Waals surface area contributed by atoms with Gasteiger partial charge in [-0.25, -0.2) is 4.99 Å². The van der Waals surface area contributed by atoms with Crippen LogP contribution in [0.5, 0.6) is 0 Å². The number of benzene rings is 2. The topological polar surface area (TPSA) is 41.5 Å². The Labute approximate surface area is 155 Å². The lowest BCUT2D eigenvalue weighted by Crippen LogP contribution is -2.14. The molecule has 0 fully saturated rings. The highest BCUT2D eigenvalue weighted by Gasteiger charge is 2.32. The van der Waals surface area contributed by atoms with Gasteiger partial charge >= 0.3 is 6.18 Å². The number of nitrogens with one attached hydrogen (secondary N) is 1. The molecule has 0 unspecified atom stereocenters. The summed E-state index contributed by atoms with van der Waals surface area (Å²) < 4.78 is 39.5. The summed E-state index contributed by atoms with van der Waals surface area (Å²) in [7, 11) is 0. The second kappa shape index (κ2) is 6.46. The van der Waals surface area contributed by atoms with Crippen molar-refractivity contribution in [3.63, 3.8) is 0 Å². The third-order valence-electron chi connectivity index (χ3n) is 3.78. The van der Waals surface area contributed by atoms with Crippen LogP contribution in [0.15, 0.2) is 39.8 Å². The molecule has 1 amide bonds. The van der Waals surface area contributed by atoms with Crippen molar-refractivity contribution < 1.29 is 18.0 Å². The first kappa shape index (κ1) is 17.9. The number of rotatable bonds is 2. The summed E-state index contributed by atoms with van der Waals surface area (Å²) in [5.41, 5.74) is 1.11. The molecular weight excluding hydrogens is 421 g/mol. The molecule has 0 saturated carbocycles. The van der Waals surface area contributed by atoms with Gasteiger partial charge in [0.2, 0.25) is 0 Å². The minimum atomic E-state index is -4.52. The van der Waals surface area contributed by atoms with Gasteiger partial charge in [-0.3, -0.25) is 4.79 Å². The molecule has 1 aliphatic rings. The van der Waals surface area contributed by atoms with Crippen LogP contribution in [0.4, 0.5) is 24.5 Å². The molecule has 2 aromatic carbocycles. The van der Waals surface area contributed by atoms with E-state index in [-0.39, 0.29) is 16.4 Å². The van der Waals surface area contributed by atoms with Crippen molar-refractivity contribution in [2.24, 2.45) is 4.99 Å². The fraction of sp³-hybridized carbons (Fsp3) is 0.176. The minimum Gasteiger partial charge on any atom is -0.320 e. The number of anilines is 1. The quantitative estimate of drug-likeness (QED) is 0.646. The van der Waals surface area contributed by atoms with Crippen LogP contribution >= 0.6 is 27.5 Å². The lowest BCUT2D eigenvalue weighted by atomic mass is 10.0. The number of nitrogens with zero attached hydrogens (tertiary/aromatic N) is 1. The van der Waals surface area contributed by atoms with E-state index >= 15 is 0 Å². The Balaban J connectivity index is 2.16. The van der Waals surface area contributed by atoms with E-state index in [0.717, 1.165) is 28.2 Å². The summed E-state index contributed by atoms with van der Waals surface area (Å²) in [5.74, 6) is -0.476. The van der Waals surface area contributed by atoms with Gasteiger partial charge in [-0.15, -0.1) is 0 Å². The van der Waals surface area contributed by atoms with E-state index in [4.69, 9.17) is 11.6 Å². The van der Waals surface area contributed by atoms with Crippen molar-refractivity contribution in [2.75, 3.05) is 5.32 Å². The fourth-order valence-electron chi connectivity index (χ4n) is 2.58. The van der Waals surface area contributed by atoms with Crippen molar-refractivity contribution in [2.45, 2.75) is 19.5 Å². The van der Waals surface area contributed by atoms with Crippen molar-refractivity contribution in [1.29, 1.82) is 0 Å². The number of amides is 1. The van der Waals surface area contributed by atoms with E-state index in [1.54, 1.807) is 6.07 Å². The first-order valence-corrected chi connectivity index (χ1v) is 8.47. The highest BCUT2D eigenvalue weighted by molar-refractivity contribution is 9.10. The van der Waals surface area contributed by atoms with Gasteiger partial charge in [0.05, 0.1) is 22.0 Å². The number of hydrogen-bond donors (Lipinski definition) is 1. The van der Waals surface area contributed by atoms with Crippen LogP contribution in [0, 0.1) is 0 Å². The number of alkyl halides is 3. The maximum atomic E-state index is 12.9. The fourth-order valence-corrected chi connectivity index (χ4v) is 3.24. The average Bonchev–Trinajstić information content (AvgIpc) is 2.83. The van der Waals surface area contributed by atoms with Crippen LogP contribution < -0.4 is 5.32 Å². The molecule has 8 heteroatoms. The van der Waals surface area contributed by atoms with Gasteiger partial charge in [-0.05, 0) is 42.3 Å². The third-order valence-corrected chi connectivity index (χ3v) is 4.56. The number of halogens is 5. The molecule has 1 aliphatic heterocycles. The summed E-state index contributed by atoms with van der Waals surface area (Å²) >= 11 is 9.35.